The summed E-state index contributed by atoms with van der Waals surface area (Å²) in [5, 5.41) is 2.75. The molecule has 1 N–H and O–H groups in total. The van der Waals surface area contributed by atoms with Crippen LogP contribution < -0.4 is 10.1 Å². The normalized spacial score (nSPS) is 9.85. The molecule has 20 heavy (non-hydrogen) atoms. The smallest absolute Gasteiger partial charge is 0.308 e. The minimum absolute atomic E-state index is 0.157. The zero-order chi connectivity index (χ0) is 14.4. The monoisotopic (exact) mass is 269 g/mol. The lowest BCUT2D eigenvalue weighted by atomic mass is 10.1. The molecular formula is C16H15NO3. The fraction of sp³-hybridized carbons (Fsp3) is 0.125. The van der Waals surface area contributed by atoms with E-state index in [1.54, 1.807) is 24.3 Å². The van der Waals surface area contributed by atoms with Crippen molar-refractivity contribution in [3.8, 4) is 5.75 Å². The van der Waals surface area contributed by atoms with Gasteiger partial charge in [-0.2, -0.15) is 0 Å². The van der Waals surface area contributed by atoms with Crippen LogP contribution in [-0.2, 0) is 16.0 Å². The first-order valence-electron chi connectivity index (χ1n) is 6.26. The molecule has 2 aromatic rings. The van der Waals surface area contributed by atoms with E-state index >= 15 is 0 Å². The van der Waals surface area contributed by atoms with Gasteiger partial charge in [-0.3, -0.25) is 9.59 Å². The van der Waals surface area contributed by atoms with Gasteiger partial charge in [-0.1, -0.05) is 42.5 Å². The molecule has 2 rings (SSSR count). The number of rotatable bonds is 4. The van der Waals surface area contributed by atoms with Crippen LogP contribution in [0.15, 0.2) is 54.6 Å². The maximum Gasteiger partial charge on any atom is 0.308 e. The zero-order valence-corrected chi connectivity index (χ0v) is 11.1. The number of ether oxygens (including phenoxy) is 1. The molecule has 0 saturated carbocycles. The molecule has 0 aromatic heterocycles. The Morgan fingerprint density at radius 3 is 2.35 bits per heavy atom. The van der Waals surface area contributed by atoms with Crippen LogP contribution >= 0.6 is 0 Å². The molecule has 0 spiro atoms. The van der Waals surface area contributed by atoms with Gasteiger partial charge in [0.25, 0.3) is 0 Å². The largest absolute Gasteiger partial charge is 0.424 e. The Morgan fingerprint density at radius 1 is 1.00 bits per heavy atom. The molecule has 0 unspecified atom stereocenters. The molecule has 2 aromatic carbocycles. The van der Waals surface area contributed by atoms with E-state index in [4.69, 9.17) is 4.74 Å². The van der Waals surface area contributed by atoms with Gasteiger partial charge in [0, 0.05) is 6.92 Å². The average Bonchev–Trinajstić information content (AvgIpc) is 2.41. The Bertz CT molecular complexity index is 608. The van der Waals surface area contributed by atoms with Crippen LogP contribution in [0.3, 0.4) is 0 Å². The molecule has 0 heterocycles. The maximum absolute atomic E-state index is 12.0. The van der Waals surface area contributed by atoms with Crippen molar-refractivity contribution in [1.82, 2.24) is 0 Å². The van der Waals surface area contributed by atoms with Crippen molar-refractivity contribution in [3.63, 3.8) is 0 Å². The van der Waals surface area contributed by atoms with Gasteiger partial charge in [-0.05, 0) is 17.7 Å². The van der Waals surface area contributed by atoms with E-state index in [0.717, 1.165) is 5.56 Å². The van der Waals surface area contributed by atoms with Gasteiger partial charge in [0.15, 0.2) is 5.75 Å². The minimum atomic E-state index is -0.422. The predicted octanol–water partition coefficient (Wildman–Crippen LogP) is 2.79. The highest BCUT2D eigenvalue weighted by molar-refractivity contribution is 5.94. The molecule has 0 aliphatic heterocycles. The van der Waals surface area contributed by atoms with E-state index in [2.05, 4.69) is 5.32 Å². The van der Waals surface area contributed by atoms with E-state index in [1.807, 2.05) is 30.3 Å². The summed E-state index contributed by atoms with van der Waals surface area (Å²) in [6.45, 7) is 1.32. The zero-order valence-electron chi connectivity index (χ0n) is 11.1. The number of hydrogen-bond acceptors (Lipinski definition) is 3. The van der Waals surface area contributed by atoms with Gasteiger partial charge in [0.2, 0.25) is 5.91 Å². The van der Waals surface area contributed by atoms with Gasteiger partial charge < -0.3 is 10.1 Å². The predicted molar refractivity (Wildman–Crippen MR) is 76.5 cm³/mol. The Hall–Kier alpha value is -2.62. The summed E-state index contributed by atoms with van der Waals surface area (Å²) in [6, 6.07) is 16.3. The van der Waals surface area contributed by atoms with Crippen LogP contribution in [0.5, 0.6) is 5.75 Å². The van der Waals surface area contributed by atoms with Crippen LogP contribution in [0.2, 0.25) is 0 Å². The van der Waals surface area contributed by atoms with Crippen LogP contribution in [-0.4, -0.2) is 11.9 Å². The topological polar surface area (TPSA) is 55.4 Å². The molecule has 0 bridgehead atoms. The van der Waals surface area contributed by atoms with E-state index in [1.165, 1.54) is 6.92 Å². The third-order valence-electron chi connectivity index (χ3n) is 2.62. The highest BCUT2D eigenvalue weighted by Crippen LogP contribution is 2.24. The van der Waals surface area contributed by atoms with E-state index in [9.17, 15) is 9.59 Å². The van der Waals surface area contributed by atoms with E-state index in [0.29, 0.717) is 11.4 Å². The first kappa shape index (κ1) is 13.8. The summed E-state index contributed by atoms with van der Waals surface area (Å²) in [5.41, 5.74) is 1.42. The van der Waals surface area contributed by atoms with Crippen molar-refractivity contribution in [1.29, 1.82) is 0 Å². The number of para-hydroxylation sites is 2. The number of benzene rings is 2. The number of anilines is 1. The van der Waals surface area contributed by atoms with Crippen LogP contribution in [0.1, 0.15) is 12.5 Å². The van der Waals surface area contributed by atoms with Gasteiger partial charge in [0.05, 0.1) is 12.1 Å². The van der Waals surface area contributed by atoms with Gasteiger partial charge in [-0.15, -0.1) is 0 Å². The van der Waals surface area contributed by atoms with Gasteiger partial charge >= 0.3 is 5.97 Å². The Morgan fingerprint density at radius 2 is 1.65 bits per heavy atom. The van der Waals surface area contributed by atoms with Crippen molar-refractivity contribution in [2.45, 2.75) is 13.3 Å². The summed E-state index contributed by atoms with van der Waals surface area (Å²) < 4.78 is 5.04. The molecule has 4 heteroatoms. The van der Waals surface area contributed by atoms with E-state index < -0.39 is 5.97 Å². The Labute approximate surface area is 117 Å². The first-order valence-corrected chi connectivity index (χ1v) is 6.26. The van der Waals surface area contributed by atoms with E-state index in [-0.39, 0.29) is 12.3 Å². The SMILES string of the molecule is CC(=O)Oc1ccccc1NC(=O)Cc1ccccc1. The second-order valence-corrected chi connectivity index (χ2v) is 4.30. The second kappa shape index (κ2) is 6.52. The van der Waals surface area contributed by atoms with Crippen molar-refractivity contribution in [3.05, 3.63) is 60.2 Å². The van der Waals surface area contributed by atoms with Crippen LogP contribution in [0.25, 0.3) is 0 Å². The molecular weight excluding hydrogens is 254 g/mol. The third-order valence-corrected chi connectivity index (χ3v) is 2.62. The lowest BCUT2D eigenvalue weighted by Crippen LogP contribution is -2.15. The minimum Gasteiger partial charge on any atom is -0.424 e. The quantitative estimate of drug-likeness (QED) is 0.686. The molecule has 0 saturated heterocycles. The fourth-order valence-electron chi connectivity index (χ4n) is 1.79. The fourth-order valence-corrected chi connectivity index (χ4v) is 1.79. The van der Waals surface area contributed by atoms with Gasteiger partial charge in [0.1, 0.15) is 0 Å². The molecule has 0 radical (unpaired) electrons. The number of amides is 1. The van der Waals surface area contributed by atoms with Crippen molar-refractivity contribution < 1.29 is 14.3 Å². The maximum atomic E-state index is 12.0. The Balaban J connectivity index is 2.06. The summed E-state index contributed by atoms with van der Waals surface area (Å²) in [6.07, 6.45) is 0.273. The Kier molecular flexibility index (Phi) is 4.50. The molecule has 1 amide bonds. The summed E-state index contributed by atoms with van der Waals surface area (Å²) in [4.78, 5) is 23.0. The molecule has 0 fully saturated rings. The van der Waals surface area contributed by atoms with Crippen molar-refractivity contribution >= 4 is 17.6 Å². The second-order valence-electron chi connectivity index (χ2n) is 4.30. The van der Waals surface area contributed by atoms with Gasteiger partial charge in [-0.25, -0.2) is 0 Å². The van der Waals surface area contributed by atoms with Crippen LogP contribution in [0.4, 0.5) is 5.69 Å². The summed E-state index contributed by atoms with van der Waals surface area (Å²) in [7, 11) is 0. The lowest BCUT2D eigenvalue weighted by Gasteiger charge is -2.10. The molecule has 0 atom stereocenters. The summed E-state index contributed by atoms with van der Waals surface area (Å²) in [5.74, 6) is -0.230. The lowest BCUT2D eigenvalue weighted by molar-refractivity contribution is -0.131. The van der Waals surface area contributed by atoms with Crippen LogP contribution in [0, 0.1) is 0 Å². The standard InChI is InChI=1S/C16H15NO3/c1-12(18)20-15-10-6-5-9-14(15)17-16(19)11-13-7-3-2-4-8-13/h2-10H,11H2,1H3,(H,17,19). The number of carbonyl (C=O) groups excluding carboxylic acids is 2. The van der Waals surface area contributed by atoms with Crippen molar-refractivity contribution in [2.24, 2.45) is 0 Å². The average molecular weight is 269 g/mol. The number of carbonyl (C=O) groups is 2. The number of hydrogen-bond donors (Lipinski definition) is 1. The van der Waals surface area contributed by atoms with Crippen molar-refractivity contribution in [2.75, 3.05) is 5.32 Å². The highest BCUT2D eigenvalue weighted by Gasteiger charge is 2.09. The highest BCUT2D eigenvalue weighted by atomic mass is 16.5. The molecule has 4 nitrogen and oxygen atoms in total. The molecule has 0 aliphatic carbocycles. The molecule has 102 valence electrons. The third kappa shape index (κ3) is 3.95. The number of esters is 1. The molecule has 0 aliphatic rings. The number of nitrogens with one attached hydrogen (secondary N) is 1. The first-order chi connectivity index (χ1) is 9.65. The summed E-state index contributed by atoms with van der Waals surface area (Å²) >= 11 is 0.